The highest BCUT2D eigenvalue weighted by Gasteiger charge is 2.17. The molecule has 0 aliphatic heterocycles. The molecule has 4 N–H and O–H groups in total. The third kappa shape index (κ3) is 7.45. The van der Waals surface area contributed by atoms with Gasteiger partial charge >= 0.3 is 12.2 Å². The van der Waals surface area contributed by atoms with E-state index in [9.17, 15) is 9.59 Å². The monoisotopic (exact) mass is 470 g/mol. The number of nitrogens with zero attached hydrogens (tertiary/aromatic N) is 1. The average Bonchev–Trinajstić information content (AvgIpc) is 2.94. The Balaban J connectivity index is 1.97. The highest BCUT2D eigenvalue weighted by atomic mass is 79.9. The molecule has 0 saturated carbocycles. The number of amides is 2. The molecular weight excluding hydrogens is 448 g/mol. The number of nitrogens with two attached hydrogens (primary N) is 1. The molecule has 0 unspecified atom stereocenters. The van der Waals surface area contributed by atoms with Gasteiger partial charge in [0.1, 0.15) is 5.60 Å². The summed E-state index contributed by atoms with van der Waals surface area (Å²) in [5.74, 6) is 0. The Labute approximate surface area is 175 Å². The predicted molar refractivity (Wildman–Crippen MR) is 111 cm³/mol. The van der Waals surface area contributed by atoms with Gasteiger partial charge in [0.2, 0.25) is 0 Å². The van der Waals surface area contributed by atoms with Crippen molar-refractivity contribution in [3.63, 3.8) is 0 Å². The summed E-state index contributed by atoms with van der Waals surface area (Å²) in [7, 11) is 0. The topological polar surface area (TPSA) is 116 Å². The number of carbonyl (C=O) groups excluding carboxylic acids is 2. The van der Waals surface area contributed by atoms with Crippen LogP contribution >= 0.6 is 27.3 Å². The summed E-state index contributed by atoms with van der Waals surface area (Å²) in [5, 5.41) is 6.10. The van der Waals surface area contributed by atoms with Crippen LogP contribution in [0.1, 0.15) is 25.6 Å². The van der Waals surface area contributed by atoms with Crippen molar-refractivity contribution in [2.75, 3.05) is 13.1 Å². The molecule has 0 radical (unpaired) electrons. The second-order valence-corrected chi connectivity index (χ2v) is 8.75. The molecule has 152 valence electrons. The Morgan fingerprint density at radius 2 is 2.04 bits per heavy atom. The van der Waals surface area contributed by atoms with Gasteiger partial charge in [-0.2, -0.15) is 0 Å². The van der Waals surface area contributed by atoms with Crippen molar-refractivity contribution in [1.29, 1.82) is 0 Å². The van der Waals surface area contributed by atoms with Crippen molar-refractivity contribution in [3.05, 3.63) is 33.6 Å². The van der Waals surface area contributed by atoms with Gasteiger partial charge in [-0.15, -0.1) is 0 Å². The molecule has 2 aromatic rings. The lowest BCUT2D eigenvalue weighted by molar-refractivity contribution is 0.0528. The largest absolute Gasteiger partial charge is 0.444 e. The van der Waals surface area contributed by atoms with E-state index in [0.29, 0.717) is 25.3 Å². The van der Waals surface area contributed by atoms with Crippen LogP contribution in [0.5, 0.6) is 5.19 Å². The van der Waals surface area contributed by atoms with Crippen LogP contribution in [-0.2, 0) is 11.3 Å². The number of aromatic nitrogens is 1. The number of rotatable bonds is 7. The summed E-state index contributed by atoms with van der Waals surface area (Å²) in [6.07, 6.45) is -1.37. The zero-order valence-electron chi connectivity index (χ0n) is 15.9. The van der Waals surface area contributed by atoms with Crippen LogP contribution in [0.3, 0.4) is 0 Å². The molecule has 0 saturated heterocycles. The number of benzene rings is 1. The van der Waals surface area contributed by atoms with Crippen LogP contribution < -0.4 is 21.1 Å². The van der Waals surface area contributed by atoms with Gasteiger partial charge in [-0.3, -0.25) is 0 Å². The standard InChI is InChI=1S/C18H23BrN4O4S/c1-18(2,3)27-16(25)22-8-7-21-10-13-14(11-5-4-6-12(19)9-11)23-17(28-13)26-15(20)24/h4-6,9,21H,7-8,10H2,1-3H3,(H2,20,24)(H,22,25). The highest BCUT2D eigenvalue weighted by molar-refractivity contribution is 9.10. The number of primary amides is 1. The first kappa shape index (κ1) is 22.1. The van der Waals surface area contributed by atoms with Crippen LogP contribution in [-0.4, -0.2) is 35.9 Å². The first-order chi connectivity index (χ1) is 13.1. The molecule has 0 aliphatic rings. The van der Waals surface area contributed by atoms with E-state index >= 15 is 0 Å². The molecule has 8 nitrogen and oxygen atoms in total. The van der Waals surface area contributed by atoms with Gasteiger partial charge in [-0.25, -0.2) is 14.6 Å². The lowest BCUT2D eigenvalue weighted by atomic mass is 10.1. The van der Waals surface area contributed by atoms with E-state index in [0.717, 1.165) is 14.9 Å². The summed E-state index contributed by atoms with van der Waals surface area (Å²) >= 11 is 4.68. The minimum atomic E-state index is -0.907. The maximum Gasteiger partial charge on any atom is 0.411 e. The second-order valence-electron chi connectivity index (χ2n) is 6.79. The number of thiazole rings is 1. The van der Waals surface area contributed by atoms with Crippen molar-refractivity contribution >= 4 is 39.5 Å². The van der Waals surface area contributed by atoms with E-state index in [4.69, 9.17) is 15.2 Å². The molecule has 1 aromatic carbocycles. The van der Waals surface area contributed by atoms with E-state index in [1.165, 1.54) is 11.3 Å². The molecule has 0 aliphatic carbocycles. The fraction of sp³-hybridized carbons (Fsp3) is 0.389. The van der Waals surface area contributed by atoms with E-state index in [-0.39, 0.29) is 5.19 Å². The van der Waals surface area contributed by atoms with Gasteiger partial charge in [-0.1, -0.05) is 39.4 Å². The number of hydrogen-bond acceptors (Lipinski definition) is 7. The zero-order chi connectivity index (χ0) is 20.7. The number of nitrogens with one attached hydrogen (secondary N) is 2. The molecule has 0 bridgehead atoms. The molecule has 0 atom stereocenters. The first-order valence-electron chi connectivity index (χ1n) is 8.54. The number of ether oxygens (including phenoxy) is 2. The Morgan fingerprint density at radius 3 is 2.68 bits per heavy atom. The lowest BCUT2D eigenvalue weighted by Gasteiger charge is -2.19. The molecule has 1 aromatic heterocycles. The maximum atomic E-state index is 11.6. The quantitative estimate of drug-likeness (QED) is 0.531. The summed E-state index contributed by atoms with van der Waals surface area (Å²) < 4.78 is 11.0. The Kier molecular flexibility index (Phi) is 7.78. The van der Waals surface area contributed by atoms with Crippen LogP contribution in [0.25, 0.3) is 11.3 Å². The fourth-order valence-electron chi connectivity index (χ4n) is 2.21. The van der Waals surface area contributed by atoms with Crippen molar-refractivity contribution in [1.82, 2.24) is 15.6 Å². The molecule has 2 rings (SSSR count). The lowest BCUT2D eigenvalue weighted by Crippen LogP contribution is -2.36. The Morgan fingerprint density at radius 1 is 1.29 bits per heavy atom. The minimum absolute atomic E-state index is 0.186. The number of carbonyl (C=O) groups is 2. The molecule has 1 heterocycles. The average molecular weight is 471 g/mol. The smallest absolute Gasteiger partial charge is 0.411 e. The SMILES string of the molecule is CC(C)(C)OC(=O)NCCNCc1sc(OC(N)=O)nc1-c1cccc(Br)c1. The summed E-state index contributed by atoms with van der Waals surface area (Å²) in [6, 6.07) is 7.66. The molecule has 28 heavy (non-hydrogen) atoms. The van der Waals surface area contributed by atoms with Crippen molar-refractivity contribution in [3.8, 4) is 16.5 Å². The Hall–Kier alpha value is -2.17. The van der Waals surface area contributed by atoms with Crippen LogP contribution in [0.15, 0.2) is 28.7 Å². The van der Waals surface area contributed by atoms with Gasteiger partial charge in [0.05, 0.1) is 10.6 Å². The van der Waals surface area contributed by atoms with Gasteiger partial charge in [0.25, 0.3) is 5.19 Å². The van der Waals surface area contributed by atoms with E-state index < -0.39 is 17.8 Å². The summed E-state index contributed by atoms with van der Waals surface area (Å²) in [4.78, 5) is 27.9. The van der Waals surface area contributed by atoms with Crippen LogP contribution in [0.4, 0.5) is 9.59 Å². The number of halogens is 1. The second kappa shape index (κ2) is 9.85. The van der Waals surface area contributed by atoms with Crippen molar-refractivity contribution in [2.45, 2.75) is 32.9 Å². The van der Waals surface area contributed by atoms with Crippen molar-refractivity contribution in [2.24, 2.45) is 5.73 Å². The molecule has 0 fully saturated rings. The normalized spacial score (nSPS) is 11.1. The van der Waals surface area contributed by atoms with Crippen LogP contribution in [0, 0.1) is 0 Å². The first-order valence-corrected chi connectivity index (χ1v) is 10.2. The van der Waals surface area contributed by atoms with Gasteiger partial charge in [0, 0.05) is 29.7 Å². The van der Waals surface area contributed by atoms with E-state index in [1.54, 1.807) is 0 Å². The third-order valence-corrected chi connectivity index (χ3v) is 4.65. The Bertz CT molecular complexity index is 835. The van der Waals surface area contributed by atoms with E-state index in [1.807, 2.05) is 45.0 Å². The van der Waals surface area contributed by atoms with Gasteiger partial charge < -0.3 is 25.8 Å². The molecule has 0 spiro atoms. The molecular formula is C18H23BrN4O4S. The minimum Gasteiger partial charge on any atom is -0.444 e. The fourth-order valence-corrected chi connectivity index (χ4v) is 3.52. The number of alkyl carbamates (subject to hydrolysis) is 1. The van der Waals surface area contributed by atoms with Gasteiger partial charge in [0.15, 0.2) is 0 Å². The highest BCUT2D eigenvalue weighted by Crippen LogP contribution is 2.33. The third-order valence-electron chi connectivity index (χ3n) is 3.22. The van der Waals surface area contributed by atoms with Gasteiger partial charge in [-0.05, 0) is 32.9 Å². The number of hydrogen-bond donors (Lipinski definition) is 3. The molecule has 10 heteroatoms. The molecule has 2 amide bonds. The van der Waals surface area contributed by atoms with E-state index in [2.05, 4.69) is 31.5 Å². The van der Waals surface area contributed by atoms with Crippen LogP contribution in [0.2, 0.25) is 0 Å². The van der Waals surface area contributed by atoms with Crippen molar-refractivity contribution < 1.29 is 19.1 Å². The predicted octanol–water partition coefficient (Wildman–Crippen LogP) is 3.64. The summed E-state index contributed by atoms with van der Waals surface area (Å²) in [6.45, 7) is 6.85. The summed E-state index contributed by atoms with van der Waals surface area (Å²) in [5.41, 5.74) is 6.14. The maximum absolute atomic E-state index is 11.6. The zero-order valence-corrected chi connectivity index (χ0v) is 18.3.